The van der Waals surface area contributed by atoms with Crippen molar-refractivity contribution in [1.29, 1.82) is 0 Å². The van der Waals surface area contributed by atoms with Gasteiger partial charge in [-0.15, -0.1) is 0 Å². The largest absolute Gasteiger partial charge is 0.480 e. The fourth-order valence-corrected chi connectivity index (χ4v) is 2.47. The van der Waals surface area contributed by atoms with E-state index in [1.54, 1.807) is 12.1 Å². The fourth-order valence-electron chi connectivity index (χ4n) is 2.35. The zero-order valence-corrected chi connectivity index (χ0v) is 14.7. The Morgan fingerprint density at radius 3 is 2.48 bits per heavy atom. The molecule has 4 heteroatoms. The van der Waals surface area contributed by atoms with E-state index < -0.39 is 6.10 Å². The number of aryl methyl sites for hydroxylation is 3. The molecule has 0 fully saturated rings. The Kier molecular flexibility index (Phi) is 5.67. The number of hydrogen-bond acceptors (Lipinski definition) is 2. The van der Waals surface area contributed by atoms with Crippen LogP contribution in [0.25, 0.3) is 0 Å². The van der Waals surface area contributed by atoms with Gasteiger partial charge >= 0.3 is 0 Å². The molecule has 1 N–H and O–H groups in total. The maximum absolute atomic E-state index is 12.5. The van der Waals surface area contributed by atoms with Crippen LogP contribution in [0, 0.1) is 20.8 Å². The van der Waals surface area contributed by atoms with Crippen LogP contribution < -0.4 is 10.1 Å². The minimum absolute atomic E-state index is 0.158. The van der Waals surface area contributed by atoms with Crippen molar-refractivity contribution >= 4 is 23.2 Å². The van der Waals surface area contributed by atoms with Crippen molar-refractivity contribution in [3.05, 3.63) is 58.1 Å². The molecule has 0 aromatic heterocycles. The molecule has 23 heavy (non-hydrogen) atoms. The highest BCUT2D eigenvalue weighted by atomic mass is 35.5. The topological polar surface area (TPSA) is 38.3 Å². The third-order valence-electron chi connectivity index (χ3n) is 3.69. The summed E-state index contributed by atoms with van der Waals surface area (Å²) in [6.45, 7) is 7.85. The van der Waals surface area contributed by atoms with E-state index >= 15 is 0 Å². The third kappa shape index (κ3) is 4.49. The Labute approximate surface area is 142 Å². The molecule has 1 amide bonds. The number of halogens is 1. The van der Waals surface area contributed by atoms with E-state index in [4.69, 9.17) is 16.3 Å². The molecule has 122 valence electrons. The highest BCUT2D eigenvalue weighted by Gasteiger charge is 2.19. The Morgan fingerprint density at radius 1 is 1.13 bits per heavy atom. The van der Waals surface area contributed by atoms with E-state index in [2.05, 4.69) is 5.32 Å². The number of anilines is 1. The number of carbonyl (C=O) groups excluding carboxylic acids is 1. The van der Waals surface area contributed by atoms with Gasteiger partial charge in [0.1, 0.15) is 5.75 Å². The van der Waals surface area contributed by atoms with Gasteiger partial charge in [0.25, 0.3) is 5.91 Å². The van der Waals surface area contributed by atoms with Crippen LogP contribution in [-0.2, 0) is 4.79 Å². The Balaban J connectivity index is 2.10. The second-order valence-corrected chi connectivity index (χ2v) is 6.14. The maximum atomic E-state index is 12.5. The minimum atomic E-state index is -0.535. The van der Waals surface area contributed by atoms with E-state index in [-0.39, 0.29) is 5.91 Å². The standard InChI is InChI=1S/C19H22ClNO2/c1-5-17(23-18-9-6-12(2)10-14(18)4)19(22)21-15-7-8-16(20)13(3)11-15/h6-11,17H,5H2,1-4H3,(H,21,22). The van der Waals surface area contributed by atoms with Crippen molar-refractivity contribution < 1.29 is 9.53 Å². The van der Waals surface area contributed by atoms with E-state index in [0.29, 0.717) is 11.4 Å². The van der Waals surface area contributed by atoms with Crippen molar-refractivity contribution in [3.63, 3.8) is 0 Å². The molecule has 1 atom stereocenters. The average molecular weight is 332 g/mol. The van der Waals surface area contributed by atoms with Crippen LogP contribution in [0.2, 0.25) is 5.02 Å². The smallest absolute Gasteiger partial charge is 0.265 e. The van der Waals surface area contributed by atoms with Crippen LogP contribution in [0.5, 0.6) is 5.75 Å². The van der Waals surface area contributed by atoms with Crippen molar-refractivity contribution in [3.8, 4) is 5.75 Å². The van der Waals surface area contributed by atoms with Gasteiger partial charge in [-0.1, -0.05) is 36.2 Å². The first-order valence-corrected chi connectivity index (χ1v) is 8.09. The summed E-state index contributed by atoms with van der Waals surface area (Å²) in [5, 5.41) is 3.57. The first-order valence-electron chi connectivity index (χ1n) is 7.71. The zero-order valence-electron chi connectivity index (χ0n) is 13.9. The Bertz CT molecular complexity index is 713. The van der Waals surface area contributed by atoms with Crippen molar-refractivity contribution in [2.24, 2.45) is 0 Å². The molecule has 0 aliphatic rings. The average Bonchev–Trinajstić information content (AvgIpc) is 2.50. The predicted molar refractivity (Wildman–Crippen MR) is 95.4 cm³/mol. The van der Waals surface area contributed by atoms with Crippen LogP contribution in [0.4, 0.5) is 5.69 Å². The lowest BCUT2D eigenvalue weighted by Gasteiger charge is -2.19. The van der Waals surface area contributed by atoms with Gasteiger partial charge < -0.3 is 10.1 Å². The van der Waals surface area contributed by atoms with Gasteiger partial charge in [0, 0.05) is 10.7 Å². The number of carbonyl (C=O) groups is 1. The normalized spacial score (nSPS) is 11.9. The molecule has 3 nitrogen and oxygen atoms in total. The lowest BCUT2D eigenvalue weighted by Crippen LogP contribution is -2.32. The summed E-state index contributed by atoms with van der Waals surface area (Å²) in [6.07, 6.45) is 0.0542. The van der Waals surface area contributed by atoms with Gasteiger partial charge in [-0.2, -0.15) is 0 Å². The zero-order chi connectivity index (χ0) is 17.0. The fraction of sp³-hybridized carbons (Fsp3) is 0.316. The van der Waals surface area contributed by atoms with Gasteiger partial charge in [0.2, 0.25) is 0 Å². The SMILES string of the molecule is CCC(Oc1ccc(C)cc1C)C(=O)Nc1ccc(Cl)c(C)c1. The van der Waals surface area contributed by atoms with Crippen LogP contribution >= 0.6 is 11.6 Å². The van der Waals surface area contributed by atoms with E-state index in [1.807, 2.05) is 52.0 Å². The van der Waals surface area contributed by atoms with Crippen LogP contribution in [0.15, 0.2) is 36.4 Å². The van der Waals surface area contributed by atoms with Gasteiger partial charge in [-0.05, 0) is 62.6 Å². The molecule has 0 radical (unpaired) electrons. The first-order chi connectivity index (χ1) is 10.9. The third-order valence-corrected chi connectivity index (χ3v) is 4.11. The van der Waals surface area contributed by atoms with E-state index in [9.17, 15) is 4.79 Å². The molecule has 1 unspecified atom stereocenters. The lowest BCUT2D eigenvalue weighted by atomic mass is 10.1. The predicted octanol–water partition coefficient (Wildman–Crippen LogP) is 5.06. The highest BCUT2D eigenvalue weighted by molar-refractivity contribution is 6.31. The number of rotatable bonds is 5. The van der Waals surface area contributed by atoms with Crippen molar-refractivity contribution in [1.82, 2.24) is 0 Å². The monoisotopic (exact) mass is 331 g/mol. The molecule has 0 saturated heterocycles. The molecule has 0 heterocycles. The van der Waals surface area contributed by atoms with Gasteiger partial charge in [-0.3, -0.25) is 4.79 Å². The molecule has 0 aliphatic carbocycles. The summed E-state index contributed by atoms with van der Waals surface area (Å²) in [6, 6.07) is 11.4. The van der Waals surface area contributed by atoms with Gasteiger partial charge in [-0.25, -0.2) is 0 Å². The minimum Gasteiger partial charge on any atom is -0.480 e. The van der Waals surface area contributed by atoms with Crippen molar-refractivity contribution in [2.75, 3.05) is 5.32 Å². The van der Waals surface area contributed by atoms with E-state index in [1.165, 1.54) is 5.56 Å². The first kappa shape index (κ1) is 17.4. The van der Waals surface area contributed by atoms with Gasteiger partial charge in [0.05, 0.1) is 0 Å². The molecule has 0 aliphatic heterocycles. The summed E-state index contributed by atoms with van der Waals surface area (Å²) in [5.41, 5.74) is 3.84. The van der Waals surface area contributed by atoms with Gasteiger partial charge in [0.15, 0.2) is 6.10 Å². The summed E-state index contributed by atoms with van der Waals surface area (Å²) in [7, 11) is 0. The summed E-state index contributed by atoms with van der Waals surface area (Å²) in [4.78, 5) is 12.5. The molecule has 2 aromatic carbocycles. The summed E-state index contributed by atoms with van der Waals surface area (Å²) in [5.74, 6) is 0.582. The quantitative estimate of drug-likeness (QED) is 0.831. The van der Waals surface area contributed by atoms with Crippen LogP contribution in [0.1, 0.15) is 30.0 Å². The molecule has 2 rings (SSSR count). The molecule has 0 saturated carbocycles. The molecular weight excluding hydrogens is 310 g/mol. The van der Waals surface area contributed by atoms with E-state index in [0.717, 1.165) is 22.6 Å². The summed E-state index contributed by atoms with van der Waals surface area (Å²) >= 11 is 6.01. The second-order valence-electron chi connectivity index (χ2n) is 5.74. The number of amides is 1. The molecular formula is C19H22ClNO2. The van der Waals surface area contributed by atoms with Crippen LogP contribution in [-0.4, -0.2) is 12.0 Å². The second kappa shape index (κ2) is 7.51. The Morgan fingerprint density at radius 2 is 1.87 bits per heavy atom. The number of benzene rings is 2. The highest BCUT2D eigenvalue weighted by Crippen LogP contribution is 2.22. The lowest BCUT2D eigenvalue weighted by molar-refractivity contribution is -0.122. The molecule has 2 aromatic rings. The molecule has 0 bridgehead atoms. The molecule has 0 spiro atoms. The Hall–Kier alpha value is -2.00. The van der Waals surface area contributed by atoms with Crippen molar-refractivity contribution in [2.45, 2.75) is 40.2 Å². The van der Waals surface area contributed by atoms with Crippen LogP contribution in [0.3, 0.4) is 0 Å². The number of nitrogens with one attached hydrogen (secondary N) is 1. The number of hydrogen-bond donors (Lipinski definition) is 1. The summed E-state index contributed by atoms with van der Waals surface area (Å²) < 4.78 is 5.90. The number of ether oxygens (including phenoxy) is 1. The maximum Gasteiger partial charge on any atom is 0.265 e.